The Morgan fingerprint density at radius 3 is 2.23 bits per heavy atom. The topological polar surface area (TPSA) is 29.1 Å². The molecule has 0 rings (SSSR count). The minimum atomic E-state index is 0.0885. The second kappa shape index (κ2) is 6.25. The third-order valence-electron chi connectivity index (χ3n) is 2.25. The van der Waals surface area contributed by atoms with Crippen LogP contribution in [0.25, 0.3) is 0 Å². The normalized spacial score (nSPS) is 15.5. The van der Waals surface area contributed by atoms with E-state index >= 15 is 0 Å². The van der Waals surface area contributed by atoms with E-state index in [0.717, 1.165) is 6.42 Å². The van der Waals surface area contributed by atoms with Gasteiger partial charge in [-0.15, -0.1) is 11.6 Å². The van der Waals surface area contributed by atoms with Gasteiger partial charge in [-0.25, -0.2) is 0 Å². The lowest BCUT2D eigenvalue weighted by Gasteiger charge is -2.15. The molecule has 1 amide bonds. The minimum absolute atomic E-state index is 0.0885. The summed E-state index contributed by atoms with van der Waals surface area (Å²) in [7, 11) is 0. The van der Waals surface area contributed by atoms with Gasteiger partial charge in [-0.3, -0.25) is 4.79 Å². The quantitative estimate of drug-likeness (QED) is 0.687. The minimum Gasteiger partial charge on any atom is -0.356 e. The molecule has 0 fully saturated rings. The Kier molecular flexibility index (Phi) is 6.13. The highest BCUT2D eigenvalue weighted by molar-refractivity contribution is 6.20. The van der Waals surface area contributed by atoms with Crippen molar-refractivity contribution in [2.24, 2.45) is 11.8 Å². The Morgan fingerprint density at radius 2 is 1.85 bits per heavy atom. The van der Waals surface area contributed by atoms with Crippen molar-refractivity contribution < 1.29 is 4.79 Å². The summed E-state index contributed by atoms with van der Waals surface area (Å²) in [4.78, 5) is 11.4. The van der Waals surface area contributed by atoms with Gasteiger partial charge in [-0.1, -0.05) is 20.8 Å². The van der Waals surface area contributed by atoms with E-state index in [4.69, 9.17) is 11.6 Å². The maximum atomic E-state index is 11.4. The molecule has 2 atom stereocenters. The first-order chi connectivity index (χ1) is 5.95. The lowest BCUT2D eigenvalue weighted by molar-refractivity contribution is -0.125. The third kappa shape index (κ3) is 5.92. The number of hydrogen-bond donors (Lipinski definition) is 1. The molecule has 3 heteroatoms. The van der Waals surface area contributed by atoms with Crippen molar-refractivity contribution in [1.82, 2.24) is 5.32 Å². The van der Waals surface area contributed by atoms with Crippen LogP contribution in [-0.2, 0) is 4.79 Å². The number of nitrogens with one attached hydrogen (secondary N) is 1. The van der Waals surface area contributed by atoms with Crippen LogP contribution in [0.5, 0.6) is 0 Å². The van der Waals surface area contributed by atoms with Crippen LogP contribution >= 0.6 is 11.6 Å². The molecule has 78 valence electrons. The molecule has 2 unspecified atom stereocenters. The van der Waals surface area contributed by atoms with Crippen LogP contribution in [0.15, 0.2) is 0 Å². The van der Waals surface area contributed by atoms with Crippen molar-refractivity contribution >= 4 is 17.5 Å². The Balaban J connectivity index is 3.62. The molecule has 0 aliphatic heterocycles. The van der Waals surface area contributed by atoms with E-state index in [1.54, 1.807) is 0 Å². The van der Waals surface area contributed by atoms with Crippen molar-refractivity contribution in [1.29, 1.82) is 0 Å². The first-order valence-corrected chi connectivity index (χ1v) is 5.30. The summed E-state index contributed by atoms with van der Waals surface area (Å²) in [6.45, 7) is 8.66. The van der Waals surface area contributed by atoms with Gasteiger partial charge in [0.05, 0.1) is 0 Å². The van der Waals surface area contributed by atoms with Gasteiger partial charge in [0, 0.05) is 17.8 Å². The first-order valence-electron chi connectivity index (χ1n) is 4.87. The van der Waals surface area contributed by atoms with E-state index in [0.29, 0.717) is 12.5 Å². The molecule has 0 aliphatic carbocycles. The van der Waals surface area contributed by atoms with Crippen molar-refractivity contribution in [3.8, 4) is 0 Å². The molecule has 0 saturated heterocycles. The Bertz CT molecular complexity index is 157. The summed E-state index contributed by atoms with van der Waals surface area (Å²) in [6, 6.07) is 0. The number of hydrogen-bond acceptors (Lipinski definition) is 1. The smallest absolute Gasteiger partial charge is 0.223 e. The summed E-state index contributed by atoms with van der Waals surface area (Å²) < 4.78 is 0. The fraction of sp³-hybridized carbons (Fsp3) is 0.900. The molecule has 13 heavy (non-hydrogen) atoms. The van der Waals surface area contributed by atoms with Crippen LogP contribution < -0.4 is 5.32 Å². The van der Waals surface area contributed by atoms with Gasteiger partial charge in [0.2, 0.25) is 5.91 Å². The molecule has 0 aliphatic rings. The second-order valence-corrected chi connectivity index (χ2v) is 4.64. The summed E-state index contributed by atoms with van der Waals surface area (Å²) in [5.74, 6) is 0.617. The van der Waals surface area contributed by atoms with Gasteiger partial charge < -0.3 is 5.32 Å². The average molecular weight is 206 g/mol. The lowest BCUT2D eigenvalue weighted by atomic mass is 9.97. The zero-order valence-corrected chi connectivity index (χ0v) is 9.69. The van der Waals surface area contributed by atoms with Crippen LogP contribution in [-0.4, -0.2) is 17.8 Å². The van der Waals surface area contributed by atoms with Crippen LogP contribution in [0.1, 0.15) is 34.1 Å². The Labute approximate surface area is 86.0 Å². The summed E-state index contributed by atoms with van der Waals surface area (Å²) in [5, 5.41) is 3.01. The highest BCUT2D eigenvalue weighted by Crippen LogP contribution is 2.09. The maximum Gasteiger partial charge on any atom is 0.223 e. The van der Waals surface area contributed by atoms with E-state index in [9.17, 15) is 4.79 Å². The Hall–Kier alpha value is -0.240. The molecule has 0 spiro atoms. The van der Waals surface area contributed by atoms with Crippen molar-refractivity contribution in [2.75, 3.05) is 6.54 Å². The molecular formula is C10H20ClNO. The molecule has 0 saturated carbocycles. The van der Waals surface area contributed by atoms with Crippen molar-refractivity contribution in [2.45, 2.75) is 39.5 Å². The second-order valence-electron chi connectivity index (χ2n) is 3.89. The lowest BCUT2D eigenvalue weighted by Crippen LogP contribution is -2.33. The van der Waals surface area contributed by atoms with Gasteiger partial charge in [-0.05, 0) is 19.3 Å². The van der Waals surface area contributed by atoms with Crippen LogP contribution in [0.2, 0.25) is 0 Å². The van der Waals surface area contributed by atoms with Gasteiger partial charge in [-0.2, -0.15) is 0 Å². The zero-order valence-electron chi connectivity index (χ0n) is 8.93. The third-order valence-corrected chi connectivity index (χ3v) is 2.47. The molecule has 0 aromatic heterocycles. The fourth-order valence-corrected chi connectivity index (χ4v) is 0.967. The molecule has 0 aromatic carbocycles. The number of carbonyl (C=O) groups is 1. The fourth-order valence-electron chi connectivity index (χ4n) is 0.858. The largest absolute Gasteiger partial charge is 0.356 e. The summed E-state index contributed by atoms with van der Waals surface area (Å²) in [6.07, 6.45) is 0.831. The first kappa shape index (κ1) is 12.8. The molecule has 0 bridgehead atoms. The van der Waals surface area contributed by atoms with Gasteiger partial charge in [0.15, 0.2) is 0 Å². The standard InChI is InChI=1S/C10H20ClNO/c1-7(2)9(4)10(13)12-6-5-8(3)11/h7-9H,5-6H2,1-4H3,(H,12,13). The highest BCUT2D eigenvalue weighted by atomic mass is 35.5. The van der Waals surface area contributed by atoms with E-state index in [-0.39, 0.29) is 17.2 Å². The van der Waals surface area contributed by atoms with Crippen molar-refractivity contribution in [3.63, 3.8) is 0 Å². The molecule has 0 radical (unpaired) electrons. The van der Waals surface area contributed by atoms with Gasteiger partial charge >= 0.3 is 0 Å². The number of halogens is 1. The monoisotopic (exact) mass is 205 g/mol. The molecule has 2 nitrogen and oxygen atoms in total. The van der Waals surface area contributed by atoms with Gasteiger partial charge in [0.1, 0.15) is 0 Å². The zero-order chi connectivity index (χ0) is 10.4. The van der Waals surface area contributed by atoms with E-state index in [1.807, 2.05) is 13.8 Å². The van der Waals surface area contributed by atoms with Gasteiger partial charge in [0.25, 0.3) is 0 Å². The van der Waals surface area contributed by atoms with E-state index in [2.05, 4.69) is 19.2 Å². The molecule has 1 N–H and O–H groups in total. The molecular weight excluding hydrogens is 186 g/mol. The van der Waals surface area contributed by atoms with E-state index < -0.39 is 0 Å². The predicted octanol–water partition coefficient (Wildman–Crippen LogP) is 2.41. The van der Waals surface area contributed by atoms with Crippen LogP contribution in [0, 0.1) is 11.8 Å². The summed E-state index contributed by atoms with van der Waals surface area (Å²) in [5.41, 5.74) is 0. The Morgan fingerprint density at radius 1 is 1.31 bits per heavy atom. The number of amides is 1. The summed E-state index contributed by atoms with van der Waals surface area (Å²) >= 11 is 5.75. The number of alkyl halides is 1. The average Bonchev–Trinajstić information content (AvgIpc) is 2.02. The highest BCUT2D eigenvalue weighted by Gasteiger charge is 2.15. The predicted molar refractivity (Wildman–Crippen MR) is 56.9 cm³/mol. The SMILES string of the molecule is CC(Cl)CCNC(=O)C(C)C(C)C. The van der Waals surface area contributed by atoms with Crippen LogP contribution in [0.3, 0.4) is 0 Å². The van der Waals surface area contributed by atoms with E-state index in [1.165, 1.54) is 0 Å². The van der Waals surface area contributed by atoms with Crippen LogP contribution in [0.4, 0.5) is 0 Å². The number of rotatable bonds is 5. The molecule has 0 heterocycles. The maximum absolute atomic E-state index is 11.4. The number of carbonyl (C=O) groups excluding carboxylic acids is 1. The van der Waals surface area contributed by atoms with Crippen molar-refractivity contribution in [3.05, 3.63) is 0 Å². The molecule has 0 aromatic rings.